The molecule has 4 aliphatic carbocycles. The summed E-state index contributed by atoms with van der Waals surface area (Å²) in [6.07, 6.45) is 8.54. The van der Waals surface area contributed by atoms with Crippen molar-refractivity contribution in [2.75, 3.05) is 12.4 Å². The van der Waals surface area contributed by atoms with E-state index in [9.17, 15) is 9.59 Å². The van der Waals surface area contributed by atoms with Crippen molar-refractivity contribution in [3.05, 3.63) is 0 Å². The molecule has 1 unspecified atom stereocenters. The predicted octanol–water partition coefficient (Wildman–Crippen LogP) is 2.45. The Morgan fingerprint density at radius 3 is 2.14 bits per heavy atom. The fourth-order valence-corrected chi connectivity index (χ4v) is 5.61. The highest BCUT2D eigenvalue weighted by molar-refractivity contribution is 6.35. The molecule has 0 aromatic rings. The molecular formula is C17H27ClN2O2. The lowest BCUT2D eigenvalue weighted by molar-refractivity contribution is -0.141. The molecule has 0 aromatic carbocycles. The van der Waals surface area contributed by atoms with Gasteiger partial charge in [0.2, 0.25) is 0 Å². The first-order valence-electron chi connectivity index (χ1n) is 8.67. The van der Waals surface area contributed by atoms with Crippen molar-refractivity contribution in [1.29, 1.82) is 0 Å². The van der Waals surface area contributed by atoms with Crippen LogP contribution in [0.3, 0.4) is 0 Å². The van der Waals surface area contributed by atoms with E-state index in [0.29, 0.717) is 18.8 Å². The molecule has 4 fully saturated rings. The van der Waals surface area contributed by atoms with Crippen LogP contribution in [0.15, 0.2) is 0 Å². The van der Waals surface area contributed by atoms with Gasteiger partial charge >= 0.3 is 11.8 Å². The molecule has 4 aliphatic rings. The summed E-state index contributed by atoms with van der Waals surface area (Å²) in [5.41, 5.74) is 0.237. The quantitative estimate of drug-likeness (QED) is 0.463. The Morgan fingerprint density at radius 2 is 1.64 bits per heavy atom. The van der Waals surface area contributed by atoms with Crippen molar-refractivity contribution in [1.82, 2.24) is 10.6 Å². The Hall–Kier alpha value is -0.770. The number of hydrogen-bond donors (Lipinski definition) is 2. The van der Waals surface area contributed by atoms with Gasteiger partial charge in [-0.05, 0) is 75.0 Å². The molecule has 4 bridgehead atoms. The van der Waals surface area contributed by atoms with E-state index in [4.69, 9.17) is 11.6 Å². The topological polar surface area (TPSA) is 58.2 Å². The Morgan fingerprint density at radius 1 is 1.09 bits per heavy atom. The Kier molecular flexibility index (Phi) is 4.67. The third-order valence-electron chi connectivity index (χ3n) is 6.15. The van der Waals surface area contributed by atoms with E-state index in [1.54, 1.807) is 0 Å². The number of rotatable bonds is 5. The van der Waals surface area contributed by atoms with Crippen LogP contribution in [0.5, 0.6) is 0 Å². The van der Waals surface area contributed by atoms with Crippen LogP contribution in [0.25, 0.3) is 0 Å². The summed E-state index contributed by atoms with van der Waals surface area (Å²) in [6.45, 7) is 2.55. The van der Waals surface area contributed by atoms with E-state index in [0.717, 1.165) is 17.8 Å². The van der Waals surface area contributed by atoms with E-state index < -0.39 is 11.8 Å². The zero-order valence-electron chi connectivity index (χ0n) is 13.4. The van der Waals surface area contributed by atoms with Crippen LogP contribution < -0.4 is 10.6 Å². The number of carbonyl (C=O) groups is 2. The van der Waals surface area contributed by atoms with Crippen LogP contribution >= 0.6 is 11.6 Å². The third kappa shape index (κ3) is 3.12. The number of amides is 2. The van der Waals surface area contributed by atoms with Crippen LogP contribution in [0.2, 0.25) is 0 Å². The first kappa shape index (κ1) is 16.1. The second kappa shape index (κ2) is 6.38. The lowest BCUT2D eigenvalue weighted by Gasteiger charge is -2.59. The minimum atomic E-state index is -0.526. The average molecular weight is 327 g/mol. The number of hydrogen-bond acceptors (Lipinski definition) is 2. The zero-order chi connectivity index (χ0) is 15.7. The van der Waals surface area contributed by atoms with Crippen molar-refractivity contribution in [3.63, 3.8) is 0 Å². The van der Waals surface area contributed by atoms with Crippen LogP contribution in [-0.4, -0.2) is 30.3 Å². The highest BCUT2D eigenvalue weighted by Crippen LogP contribution is 2.61. The fourth-order valence-electron chi connectivity index (χ4n) is 5.47. The molecule has 5 heteroatoms. The van der Waals surface area contributed by atoms with Gasteiger partial charge in [-0.2, -0.15) is 0 Å². The highest BCUT2D eigenvalue weighted by atomic mass is 35.5. The summed E-state index contributed by atoms with van der Waals surface area (Å²) in [5, 5.41) is 5.61. The normalized spacial score (nSPS) is 36.9. The van der Waals surface area contributed by atoms with Gasteiger partial charge < -0.3 is 10.6 Å². The van der Waals surface area contributed by atoms with Gasteiger partial charge in [0.05, 0.1) is 0 Å². The molecular weight excluding hydrogens is 300 g/mol. The van der Waals surface area contributed by atoms with Gasteiger partial charge in [-0.25, -0.2) is 0 Å². The second-order valence-electron chi connectivity index (χ2n) is 7.77. The first-order valence-corrected chi connectivity index (χ1v) is 9.20. The van der Waals surface area contributed by atoms with Crippen molar-refractivity contribution in [2.24, 2.45) is 23.2 Å². The maximum atomic E-state index is 12.1. The van der Waals surface area contributed by atoms with Crippen LogP contribution in [-0.2, 0) is 9.59 Å². The van der Waals surface area contributed by atoms with Crippen molar-refractivity contribution in [3.8, 4) is 0 Å². The summed E-state index contributed by atoms with van der Waals surface area (Å²) < 4.78 is 0. The van der Waals surface area contributed by atoms with Crippen LogP contribution in [0.4, 0.5) is 0 Å². The molecule has 0 heterocycles. The van der Waals surface area contributed by atoms with Crippen LogP contribution in [0, 0.1) is 23.2 Å². The van der Waals surface area contributed by atoms with Crippen molar-refractivity contribution >= 4 is 23.4 Å². The summed E-state index contributed by atoms with van der Waals surface area (Å²) >= 11 is 5.57. The number of nitrogens with one attached hydrogen (secondary N) is 2. The molecule has 4 saturated carbocycles. The maximum Gasteiger partial charge on any atom is 0.309 e. The molecule has 0 aliphatic heterocycles. The lowest BCUT2D eigenvalue weighted by atomic mass is 9.48. The number of halogens is 1. The van der Waals surface area contributed by atoms with E-state index in [1.165, 1.54) is 38.5 Å². The Balaban J connectivity index is 1.56. The molecule has 2 N–H and O–H groups in total. The highest BCUT2D eigenvalue weighted by Gasteiger charge is 2.53. The first-order chi connectivity index (χ1) is 10.5. The molecule has 0 aromatic heterocycles. The summed E-state index contributed by atoms with van der Waals surface area (Å²) in [6, 6.07) is 0.0900. The minimum Gasteiger partial charge on any atom is -0.348 e. The predicted molar refractivity (Wildman–Crippen MR) is 86.6 cm³/mol. The summed E-state index contributed by atoms with van der Waals surface area (Å²) in [5.74, 6) is 2.03. The smallest absolute Gasteiger partial charge is 0.309 e. The van der Waals surface area contributed by atoms with Gasteiger partial charge in [0.1, 0.15) is 0 Å². The molecule has 124 valence electrons. The van der Waals surface area contributed by atoms with Gasteiger partial charge in [-0.1, -0.05) is 0 Å². The van der Waals surface area contributed by atoms with Gasteiger partial charge in [0, 0.05) is 18.5 Å². The lowest BCUT2D eigenvalue weighted by Crippen LogP contribution is -2.57. The van der Waals surface area contributed by atoms with E-state index in [1.807, 2.05) is 0 Å². The fraction of sp³-hybridized carbons (Fsp3) is 0.882. The van der Waals surface area contributed by atoms with E-state index in [2.05, 4.69) is 17.6 Å². The van der Waals surface area contributed by atoms with Gasteiger partial charge in [-0.15, -0.1) is 11.6 Å². The zero-order valence-corrected chi connectivity index (χ0v) is 14.1. The van der Waals surface area contributed by atoms with Crippen molar-refractivity contribution < 1.29 is 9.59 Å². The molecule has 0 saturated heterocycles. The molecule has 2 amide bonds. The number of alkyl halides is 1. The molecule has 1 atom stereocenters. The molecule has 0 spiro atoms. The molecule has 22 heavy (non-hydrogen) atoms. The maximum absolute atomic E-state index is 12.1. The van der Waals surface area contributed by atoms with Crippen LogP contribution in [0.1, 0.15) is 51.9 Å². The van der Waals surface area contributed by atoms with Crippen molar-refractivity contribution in [2.45, 2.75) is 57.9 Å². The Bertz CT molecular complexity index is 417. The summed E-state index contributed by atoms with van der Waals surface area (Å²) in [7, 11) is 0. The third-order valence-corrected chi connectivity index (χ3v) is 6.42. The molecule has 0 radical (unpaired) electrons. The minimum absolute atomic E-state index is 0.0900. The SMILES string of the molecule is CC(NC(=O)C(=O)NCCCCl)C12CC3CC(CC(C3)C1)C2. The summed E-state index contributed by atoms with van der Waals surface area (Å²) in [4.78, 5) is 23.9. The largest absolute Gasteiger partial charge is 0.348 e. The van der Waals surface area contributed by atoms with Gasteiger partial charge in [0.15, 0.2) is 0 Å². The molecule has 4 nitrogen and oxygen atoms in total. The second-order valence-corrected chi connectivity index (χ2v) is 8.15. The van der Waals surface area contributed by atoms with Gasteiger partial charge in [-0.3, -0.25) is 9.59 Å². The van der Waals surface area contributed by atoms with Gasteiger partial charge in [0.25, 0.3) is 0 Å². The average Bonchev–Trinajstić information content (AvgIpc) is 2.45. The standard InChI is InChI=1S/C17H27ClN2O2/c1-11(20-16(22)15(21)19-4-2-3-18)17-8-12-5-13(9-17)7-14(6-12)10-17/h11-14H,2-10H2,1H3,(H,19,21)(H,20,22). The van der Waals surface area contributed by atoms with E-state index >= 15 is 0 Å². The van der Waals surface area contributed by atoms with E-state index in [-0.39, 0.29) is 11.5 Å². The monoisotopic (exact) mass is 326 g/mol. The number of carbonyl (C=O) groups excluding carboxylic acids is 2. The molecule has 4 rings (SSSR count). The Labute approximate surface area is 137 Å².